The molecule has 3 rings (SSSR count). The predicted octanol–water partition coefficient (Wildman–Crippen LogP) is 0.522. The normalized spacial score (nSPS) is 20.5. The number of carbonyl (C=O) groups is 1. The molecule has 1 unspecified atom stereocenters. The Labute approximate surface area is 165 Å². The molecule has 1 N–H and O–H groups in total. The van der Waals surface area contributed by atoms with Gasteiger partial charge in [0.1, 0.15) is 12.4 Å². The van der Waals surface area contributed by atoms with Gasteiger partial charge in [-0.2, -0.15) is 0 Å². The Morgan fingerprint density at radius 2 is 2.04 bits per heavy atom. The second kappa shape index (κ2) is 9.72. The van der Waals surface area contributed by atoms with E-state index in [-0.39, 0.29) is 12.2 Å². The summed E-state index contributed by atoms with van der Waals surface area (Å²) in [7, 11) is 1.94. The minimum absolute atomic E-state index is 0.225. The van der Waals surface area contributed by atoms with Crippen LogP contribution in [-0.2, 0) is 23.1 Å². The van der Waals surface area contributed by atoms with Crippen molar-refractivity contribution in [2.24, 2.45) is 12.0 Å². The lowest BCUT2D eigenvalue weighted by Gasteiger charge is -2.36. The van der Waals surface area contributed by atoms with Crippen LogP contribution in [0.25, 0.3) is 0 Å². The maximum atomic E-state index is 11.9. The highest BCUT2D eigenvalue weighted by atomic mass is 16.6. The van der Waals surface area contributed by atoms with Gasteiger partial charge in [-0.05, 0) is 26.7 Å². The zero-order chi connectivity index (χ0) is 19.9. The van der Waals surface area contributed by atoms with Gasteiger partial charge in [-0.15, -0.1) is 10.2 Å². The number of guanidine groups is 1. The Balaban J connectivity index is 1.62. The standard InChI is InChI=1S/C18H31N7O3/c1-4-27-18(26)25-9-7-24(8-10-25)17(19-12-15-6-5-11-28-15)20-13-16-22-21-14(2)23(16)3/h15H,4-13H2,1-3H3,(H,19,20). The molecule has 1 aromatic rings. The van der Waals surface area contributed by atoms with Gasteiger partial charge in [-0.25, -0.2) is 9.79 Å². The molecule has 10 heteroatoms. The third kappa shape index (κ3) is 5.12. The molecule has 0 aliphatic carbocycles. The molecule has 2 fully saturated rings. The Kier molecular flexibility index (Phi) is 7.07. The second-order valence-corrected chi connectivity index (χ2v) is 7.05. The summed E-state index contributed by atoms with van der Waals surface area (Å²) >= 11 is 0. The zero-order valence-electron chi connectivity index (χ0n) is 17.1. The van der Waals surface area contributed by atoms with E-state index < -0.39 is 0 Å². The van der Waals surface area contributed by atoms with Gasteiger partial charge in [0.2, 0.25) is 0 Å². The van der Waals surface area contributed by atoms with Crippen LogP contribution in [0.5, 0.6) is 0 Å². The van der Waals surface area contributed by atoms with Gasteiger partial charge in [-0.3, -0.25) is 0 Å². The topological polar surface area (TPSA) is 97.1 Å². The number of nitrogens with zero attached hydrogens (tertiary/aromatic N) is 6. The van der Waals surface area contributed by atoms with Crippen molar-refractivity contribution in [3.8, 4) is 0 Å². The molecule has 2 aliphatic rings. The first-order valence-corrected chi connectivity index (χ1v) is 10.00. The van der Waals surface area contributed by atoms with Crippen molar-refractivity contribution >= 4 is 12.1 Å². The lowest BCUT2D eigenvalue weighted by molar-refractivity contribution is 0.0906. The largest absolute Gasteiger partial charge is 0.450 e. The summed E-state index contributed by atoms with van der Waals surface area (Å²) in [5.41, 5.74) is 0. The van der Waals surface area contributed by atoms with E-state index in [2.05, 4.69) is 20.4 Å². The van der Waals surface area contributed by atoms with Crippen LogP contribution in [0.4, 0.5) is 4.79 Å². The molecule has 156 valence electrons. The maximum absolute atomic E-state index is 11.9. The smallest absolute Gasteiger partial charge is 0.409 e. The summed E-state index contributed by atoms with van der Waals surface area (Å²) in [5.74, 6) is 2.50. The number of amides is 1. The summed E-state index contributed by atoms with van der Waals surface area (Å²) in [4.78, 5) is 20.6. The van der Waals surface area contributed by atoms with Crippen molar-refractivity contribution in [2.75, 3.05) is 45.9 Å². The highest BCUT2D eigenvalue weighted by Crippen LogP contribution is 2.11. The fourth-order valence-electron chi connectivity index (χ4n) is 3.33. The first-order valence-electron chi connectivity index (χ1n) is 10.00. The number of aliphatic imine (C=N–C) groups is 1. The molecule has 1 atom stereocenters. The van der Waals surface area contributed by atoms with Crippen molar-refractivity contribution < 1.29 is 14.3 Å². The van der Waals surface area contributed by atoms with Gasteiger partial charge in [0, 0.05) is 46.4 Å². The lowest BCUT2D eigenvalue weighted by atomic mass is 10.2. The molecule has 0 bridgehead atoms. The number of ether oxygens (including phenoxy) is 2. The van der Waals surface area contributed by atoms with Gasteiger partial charge in [0.25, 0.3) is 0 Å². The molecule has 1 amide bonds. The second-order valence-electron chi connectivity index (χ2n) is 7.05. The fraction of sp³-hybridized carbons (Fsp3) is 0.778. The minimum Gasteiger partial charge on any atom is -0.450 e. The Morgan fingerprint density at radius 3 is 2.64 bits per heavy atom. The molecule has 28 heavy (non-hydrogen) atoms. The van der Waals surface area contributed by atoms with Crippen LogP contribution in [0.3, 0.4) is 0 Å². The molecular weight excluding hydrogens is 362 g/mol. The monoisotopic (exact) mass is 393 g/mol. The Morgan fingerprint density at radius 1 is 1.29 bits per heavy atom. The summed E-state index contributed by atoms with van der Waals surface area (Å²) in [6.07, 6.45) is 2.15. The highest BCUT2D eigenvalue weighted by molar-refractivity contribution is 5.80. The quantitative estimate of drug-likeness (QED) is 0.575. The number of hydrogen-bond acceptors (Lipinski definition) is 6. The maximum Gasteiger partial charge on any atom is 0.409 e. The molecule has 2 aliphatic heterocycles. The van der Waals surface area contributed by atoms with Crippen molar-refractivity contribution in [3.05, 3.63) is 11.6 Å². The van der Waals surface area contributed by atoms with Gasteiger partial charge < -0.3 is 29.2 Å². The van der Waals surface area contributed by atoms with Crippen LogP contribution >= 0.6 is 0 Å². The molecule has 1 aromatic heterocycles. The van der Waals surface area contributed by atoms with Crippen LogP contribution in [0.15, 0.2) is 4.99 Å². The van der Waals surface area contributed by atoms with Gasteiger partial charge in [-0.1, -0.05) is 0 Å². The van der Waals surface area contributed by atoms with E-state index in [1.807, 2.05) is 25.5 Å². The summed E-state index contributed by atoms with van der Waals surface area (Å²) in [5, 5.41) is 11.7. The van der Waals surface area contributed by atoms with Crippen molar-refractivity contribution in [1.82, 2.24) is 29.9 Å². The van der Waals surface area contributed by atoms with Crippen LogP contribution in [0.1, 0.15) is 31.4 Å². The number of hydrogen-bond donors (Lipinski definition) is 1. The zero-order valence-corrected chi connectivity index (χ0v) is 17.1. The highest BCUT2D eigenvalue weighted by Gasteiger charge is 2.25. The van der Waals surface area contributed by atoms with E-state index in [1.165, 1.54) is 0 Å². The number of carbonyl (C=O) groups excluding carboxylic acids is 1. The molecular formula is C18H31N7O3. The molecule has 10 nitrogen and oxygen atoms in total. The van der Waals surface area contributed by atoms with Gasteiger partial charge in [0.15, 0.2) is 11.8 Å². The van der Waals surface area contributed by atoms with Gasteiger partial charge >= 0.3 is 6.09 Å². The number of piperazine rings is 1. The number of rotatable bonds is 5. The van der Waals surface area contributed by atoms with Crippen molar-refractivity contribution in [1.29, 1.82) is 0 Å². The third-order valence-corrected chi connectivity index (χ3v) is 5.17. The van der Waals surface area contributed by atoms with E-state index in [9.17, 15) is 4.79 Å². The number of aromatic nitrogens is 3. The van der Waals surface area contributed by atoms with E-state index in [1.54, 1.807) is 4.90 Å². The van der Waals surface area contributed by atoms with Gasteiger partial charge in [0.05, 0.1) is 12.7 Å². The summed E-state index contributed by atoms with van der Waals surface area (Å²) in [6.45, 7) is 8.78. The average Bonchev–Trinajstić information content (AvgIpc) is 3.33. The van der Waals surface area contributed by atoms with Crippen LogP contribution < -0.4 is 5.32 Å². The first kappa shape index (κ1) is 20.4. The average molecular weight is 393 g/mol. The molecule has 2 saturated heterocycles. The fourth-order valence-corrected chi connectivity index (χ4v) is 3.33. The minimum atomic E-state index is -0.248. The Hall–Kier alpha value is -2.36. The molecule has 0 saturated carbocycles. The van der Waals surface area contributed by atoms with E-state index in [0.29, 0.717) is 39.3 Å². The number of nitrogens with one attached hydrogen (secondary N) is 1. The molecule has 0 spiro atoms. The first-order chi connectivity index (χ1) is 13.6. The SMILES string of the molecule is CCOC(=O)N1CCN(C(=NCc2nnc(C)n2C)NCC2CCCO2)CC1. The van der Waals surface area contributed by atoms with Crippen LogP contribution in [0, 0.1) is 6.92 Å². The summed E-state index contributed by atoms with van der Waals surface area (Å²) in [6, 6.07) is 0. The predicted molar refractivity (Wildman–Crippen MR) is 104 cm³/mol. The molecule has 0 aromatic carbocycles. The van der Waals surface area contributed by atoms with Crippen molar-refractivity contribution in [2.45, 2.75) is 39.3 Å². The van der Waals surface area contributed by atoms with E-state index in [0.717, 1.165) is 43.6 Å². The lowest BCUT2D eigenvalue weighted by Crippen LogP contribution is -2.54. The molecule has 0 radical (unpaired) electrons. The summed E-state index contributed by atoms with van der Waals surface area (Å²) < 4.78 is 12.8. The number of aryl methyl sites for hydroxylation is 1. The Bertz CT molecular complexity index is 677. The molecule has 3 heterocycles. The van der Waals surface area contributed by atoms with E-state index in [4.69, 9.17) is 14.5 Å². The third-order valence-electron chi connectivity index (χ3n) is 5.17. The van der Waals surface area contributed by atoms with E-state index >= 15 is 0 Å². The van der Waals surface area contributed by atoms with Crippen molar-refractivity contribution in [3.63, 3.8) is 0 Å². The van der Waals surface area contributed by atoms with Crippen LogP contribution in [-0.4, -0.2) is 88.7 Å². The van der Waals surface area contributed by atoms with Crippen LogP contribution in [0.2, 0.25) is 0 Å².